The third kappa shape index (κ3) is 5.60. The highest BCUT2D eigenvalue weighted by molar-refractivity contribution is 5.75. The molecular formula is C9H19NO3. The molecule has 0 heterocycles. The van der Waals surface area contributed by atoms with E-state index in [2.05, 4.69) is 23.9 Å². The average Bonchev–Trinajstić information content (AvgIpc) is 2.11. The van der Waals surface area contributed by atoms with Gasteiger partial charge in [-0.25, -0.2) is 0 Å². The Balaban J connectivity index is 3.66. The van der Waals surface area contributed by atoms with Gasteiger partial charge in [-0.1, -0.05) is 13.8 Å². The van der Waals surface area contributed by atoms with Gasteiger partial charge in [0.15, 0.2) is 0 Å². The maximum atomic E-state index is 11.1. The zero-order chi connectivity index (χ0) is 10.3. The number of methoxy groups -OCH3 is 1. The van der Waals surface area contributed by atoms with Crippen molar-refractivity contribution in [3.05, 3.63) is 0 Å². The zero-order valence-corrected chi connectivity index (χ0v) is 8.79. The number of nitrogens with one attached hydrogen (secondary N) is 1. The highest BCUT2D eigenvalue weighted by atomic mass is 16.5. The lowest BCUT2D eigenvalue weighted by molar-refractivity contribution is -0.144. The molecule has 0 aromatic carbocycles. The van der Waals surface area contributed by atoms with Gasteiger partial charge < -0.3 is 14.8 Å². The van der Waals surface area contributed by atoms with Crippen molar-refractivity contribution in [2.75, 3.05) is 27.4 Å². The molecule has 0 amide bonds. The van der Waals surface area contributed by atoms with Gasteiger partial charge in [-0.2, -0.15) is 0 Å². The number of carbonyl (C=O) groups is 1. The monoisotopic (exact) mass is 189 g/mol. The van der Waals surface area contributed by atoms with Crippen LogP contribution in [0.15, 0.2) is 0 Å². The van der Waals surface area contributed by atoms with Gasteiger partial charge >= 0.3 is 5.97 Å². The Bertz CT molecular complexity index is 148. The fraction of sp³-hybridized carbons (Fsp3) is 0.889. The van der Waals surface area contributed by atoms with Gasteiger partial charge in [0.2, 0.25) is 0 Å². The smallest absolute Gasteiger partial charge is 0.325 e. The van der Waals surface area contributed by atoms with Crippen LogP contribution in [0, 0.1) is 5.92 Å². The van der Waals surface area contributed by atoms with Crippen molar-refractivity contribution in [2.24, 2.45) is 5.92 Å². The average molecular weight is 189 g/mol. The van der Waals surface area contributed by atoms with Crippen LogP contribution in [-0.2, 0) is 14.3 Å². The molecule has 0 rings (SSSR count). The lowest BCUT2D eigenvalue weighted by Crippen LogP contribution is -2.39. The van der Waals surface area contributed by atoms with Crippen molar-refractivity contribution >= 4 is 5.97 Å². The molecule has 0 fully saturated rings. The summed E-state index contributed by atoms with van der Waals surface area (Å²) in [7, 11) is 3.08. The van der Waals surface area contributed by atoms with E-state index in [-0.39, 0.29) is 12.0 Å². The third-order valence-electron chi connectivity index (χ3n) is 1.57. The van der Waals surface area contributed by atoms with Crippen LogP contribution in [0.1, 0.15) is 13.8 Å². The summed E-state index contributed by atoms with van der Waals surface area (Å²) in [6.45, 7) is 5.15. The molecule has 4 heteroatoms. The largest absolute Gasteiger partial charge is 0.468 e. The van der Waals surface area contributed by atoms with E-state index in [0.717, 1.165) is 0 Å². The lowest BCUT2D eigenvalue weighted by Gasteiger charge is -2.14. The molecule has 0 aromatic rings. The van der Waals surface area contributed by atoms with E-state index in [0.29, 0.717) is 19.1 Å². The second kappa shape index (κ2) is 6.86. The molecule has 1 unspecified atom stereocenters. The van der Waals surface area contributed by atoms with E-state index < -0.39 is 0 Å². The van der Waals surface area contributed by atoms with Crippen LogP contribution in [0.25, 0.3) is 0 Å². The van der Waals surface area contributed by atoms with Gasteiger partial charge in [0.25, 0.3) is 0 Å². The quantitative estimate of drug-likeness (QED) is 0.615. The molecule has 0 saturated heterocycles. The summed E-state index contributed by atoms with van der Waals surface area (Å²) in [6, 6.07) is -0.358. The number of carbonyl (C=O) groups excluding carboxylic acids is 1. The summed E-state index contributed by atoms with van der Waals surface area (Å²) in [5.41, 5.74) is 0. The van der Waals surface area contributed by atoms with Gasteiger partial charge in [0.1, 0.15) is 6.04 Å². The molecule has 0 aliphatic heterocycles. The fourth-order valence-electron chi connectivity index (χ4n) is 0.833. The Morgan fingerprint density at radius 2 is 2.00 bits per heavy atom. The van der Waals surface area contributed by atoms with Gasteiger partial charge in [0, 0.05) is 6.61 Å². The Morgan fingerprint density at radius 1 is 1.38 bits per heavy atom. The van der Waals surface area contributed by atoms with E-state index in [1.54, 1.807) is 7.05 Å². The first kappa shape index (κ1) is 12.4. The third-order valence-corrected chi connectivity index (χ3v) is 1.57. The number of esters is 1. The second-order valence-corrected chi connectivity index (χ2v) is 3.30. The van der Waals surface area contributed by atoms with Crippen LogP contribution in [0.5, 0.6) is 0 Å². The molecule has 13 heavy (non-hydrogen) atoms. The molecule has 0 aromatic heterocycles. The van der Waals surface area contributed by atoms with Crippen LogP contribution in [0.2, 0.25) is 0 Å². The minimum Gasteiger partial charge on any atom is -0.468 e. The van der Waals surface area contributed by atoms with E-state index in [4.69, 9.17) is 4.74 Å². The fourth-order valence-corrected chi connectivity index (χ4v) is 0.833. The molecular weight excluding hydrogens is 170 g/mol. The Hall–Kier alpha value is -0.610. The molecule has 0 radical (unpaired) electrons. The number of rotatable bonds is 6. The topological polar surface area (TPSA) is 47.6 Å². The second-order valence-electron chi connectivity index (χ2n) is 3.30. The van der Waals surface area contributed by atoms with Crippen molar-refractivity contribution in [3.8, 4) is 0 Å². The maximum Gasteiger partial charge on any atom is 0.325 e. The number of ether oxygens (including phenoxy) is 2. The highest BCUT2D eigenvalue weighted by Crippen LogP contribution is 1.95. The summed E-state index contributed by atoms with van der Waals surface area (Å²) in [4.78, 5) is 11.1. The maximum absolute atomic E-state index is 11.1. The van der Waals surface area contributed by atoms with Crippen LogP contribution in [0.4, 0.5) is 0 Å². The number of hydrogen-bond acceptors (Lipinski definition) is 4. The molecule has 0 aliphatic carbocycles. The van der Waals surface area contributed by atoms with Crippen LogP contribution < -0.4 is 5.32 Å². The Kier molecular flexibility index (Phi) is 6.54. The Labute approximate surface area is 79.6 Å². The lowest BCUT2D eigenvalue weighted by atomic mass is 10.2. The number of likely N-dealkylation sites (N-methyl/N-ethyl adjacent to an activating group) is 1. The normalized spacial score (nSPS) is 13.0. The summed E-state index contributed by atoms with van der Waals surface area (Å²) >= 11 is 0. The van der Waals surface area contributed by atoms with Crippen molar-refractivity contribution < 1.29 is 14.3 Å². The first-order chi connectivity index (χ1) is 6.11. The van der Waals surface area contributed by atoms with Gasteiger partial charge in [-0.05, 0) is 13.0 Å². The highest BCUT2D eigenvalue weighted by Gasteiger charge is 2.16. The first-order valence-corrected chi connectivity index (χ1v) is 4.44. The van der Waals surface area contributed by atoms with Crippen molar-refractivity contribution in [2.45, 2.75) is 19.9 Å². The number of hydrogen-bond donors (Lipinski definition) is 1. The predicted molar refractivity (Wildman–Crippen MR) is 50.5 cm³/mol. The van der Waals surface area contributed by atoms with E-state index in [1.807, 2.05) is 0 Å². The van der Waals surface area contributed by atoms with Crippen LogP contribution in [0.3, 0.4) is 0 Å². The standard InChI is InChI=1S/C9H19NO3/c1-7(2)5-13-6-8(10-3)9(11)12-4/h7-8,10H,5-6H2,1-4H3. The van der Waals surface area contributed by atoms with Crippen molar-refractivity contribution in [1.82, 2.24) is 5.32 Å². The first-order valence-electron chi connectivity index (χ1n) is 4.44. The van der Waals surface area contributed by atoms with Crippen LogP contribution >= 0.6 is 0 Å². The summed E-state index contributed by atoms with van der Waals surface area (Å²) < 4.78 is 9.89. The summed E-state index contributed by atoms with van der Waals surface area (Å²) in [5, 5.41) is 2.83. The van der Waals surface area contributed by atoms with E-state index in [1.165, 1.54) is 7.11 Å². The van der Waals surface area contributed by atoms with E-state index >= 15 is 0 Å². The zero-order valence-electron chi connectivity index (χ0n) is 8.79. The molecule has 1 N–H and O–H groups in total. The van der Waals surface area contributed by atoms with Crippen molar-refractivity contribution in [1.29, 1.82) is 0 Å². The van der Waals surface area contributed by atoms with Gasteiger partial charge in [0.05, 0.1) is 13.7 Å². The van der Waals surface area contributed by atoms with Crippen molar-refractivity contribution in [3.63, 3.8) is 0 Å². The summed E-state index contributed by atoms with van der Waals surface area (Å²) in [6.07, 6.45) is 0. The predicted octanol–water partition coefficient (Wildman–Crippen LogP) is 0.420. The van der Waals surface area contributed by atoms with E-state index in [9.17, 15) is 4.79 Å². The molecule has 4 nitrogen and oxygen atoms in total. The van der Waals surface area contributed by atoms with Gasteiger partial charge in [-0.15, -0.1) is 0 Å². The van der Waals surface area contributed by atoms with Crippen LogP contribution in [-0.4, -0.2) is 39.4 Å². The molecule has 0 bridgehead atoms. The molecule has 78 valence electrons. The molecule has 0 aliphatic rings. The molecule has 1 atom stereocenters. The molecule has 0 saturated carbocycles. The summed E-state index contributed by atoms with van der Waals surface area (Å²) in [5.74, 6) is 0.196. The minimum absolute atomic E-state index is 0.286. The van der Waals surface area contributed by atoms with Gasteiger partial charge in [-0.3, -0.25) is 4.79 Å². The SMILES string of the molecule is CNC(COCC(C)C)C(=O)OC. The minimum atomic E-state index is -0.358. The molecule has 0 spiro atoms. The Morgan fingerprint density at radius 3 is 2.38 bits per heavy atom.